The summed E-state index contributed by atoms with van der Waals surface area (Å²) in [4.78, 5) is 2.67. The lowest BCUT2D eigenvalue weighted by molar-refractivity contribution is 0.192. The van der Waals surface area contributed by atoms with Gasteiger partial charge in [-0.15, -0.1) is 0 Å². The Labute approximate surface area is 113 Å². The average molecular weight is 260 g/mol. The van der Waals surface area contributed by atoms with Crippen LogP contribution >= 0.6 is 11.9 Å². The van der Waals surface area contributed by atoms with E-state index >= 15 is 0 Å². The predicted molar refractivity (Wildman–Crippen MR) is 81.6 cm³/mol. The Morgan fingerprint density at radius 3 is 2.24 bits per heavy atom. The Bertz CT molecular complexity index is 164. The molecule has 0 aromatic rings. The van der Waals surface area contributed by atoms with Crippen LogP contribution in [0.25, 0.3) is 0 Å². The highest BCUT2D eigenvalue weighted by molar-refractivity contribution is 7.96. The molecule has 3 heteroatoms. The van der Waals surface area contributed by atoms with Gasteiger partial charge in [-0.3, -0.25) is 4.31 Å². The smallest absolute Gasteiger partial charge is 0.00983 e. The molecule has 0 aliphatic rings. The first-order valence-electron chi connectivity index (χ1n) is 7.14. The lowest BCUT2D eigenvalue weighted by Crippen LogP contribution is -2.35. The maximum absolute atomic E-state index is 2.67. The molecule has 0 aliphatic carbocycles. The van der Waals surface area contributed by atoms with Gasteiger partial charge in [0, 0.05) is 12.6 Å². The molecule has 0 spiro atoms. The number of unbranched alkanes of at least 4 members (excludes halogenated alkanes) is 1. The highest BCUT2D eigenvalue weighted by Crippen LogP contribution is 2.10. The Morgan fingerprint density at radius 1 is 1.00 bits per heavy atom. The van der Waals surface area contributed by atoms with Crippen molar-refractivity contribution in [3.05, 3.63) is 0 Å². The van der Waals surface area contributed by atoms with E-state index in [1.54, 1.807) is 0 Å². The standard InChI is InChI=1S/C14H32N2S/c1-6-8-10-14(3)16(11-7-2)13-9-12-15(4)17-5/h14H,6-13H2,1-5H3. The van der Waals surface area contributed by atoms with Crippen LogP contribution in [0, 0.1) is 0 Å². The van der Waals surface area contributed by atoms with Gasteiger partial charge in [-0.1, -0.05) is 38.6 Å². The molecular weight excluding hydrogens is 228 g/mol. The van der Waals surface area contributed by atoms with Gasteiger partial charge in [0.25, 0.3) is 0 Å². The molecule has 1 atom stereocenters. The summed E-state index contributed by atoms with van der Waals surface area (Å²) >= 11 is 1.83. The van der Waals surface area contributed by atoms with Crippen LogP contribution in [0.15, 0.2) is 0 Å². The summed E-state index contributed by atoms with van der Waals surface area (Å²) in [6, 6.07) is 0.759. The van der Waals surface area contributed by atoms with Gasteiger partial charge in [-0.05, 0) is 52.6 Å². The zero-order valence-electron chi connectivity index (χ0n) is 12.5. The van der Waals surface area contributed by atoms with Crippen molar-refractivity contribution in [1.29, 1.82) is 0 Å². The van der Waals surface area contributed by atoms with E-state index in [1.165, 1.54) is 51.7 Å². The van der Waals surface area contributed by atoms with Gasteiger partial charge < -0.3 is 4.90 Å². The maximum Gasteiger partial charge on any atom is 0.00983 e. The molecule has 0 amide bonds. The van der Waals surface area contributed by atoms with Crippen molar-refractivity contribution in [2.45, 2.75) is 58.9 Å². The van der Waals surface area contributed by atoms with Crippen molar-refractivity contribution in [3.63, 3.8) is 0 Å². The van der Waals surface area contributed by atoms with E-state index < -0.39 is 0 Å². The minimum Gasteiger partial charge on any atom is -0.301 e. The van der Waals surface area contributed by atoms with E-state index in [1.807, 2.05) is 11.9 Å². The molecular formula is C14H32N2S. The second kappa shape index (κ2) is 11.4. The van der Waals surface area contributed by atoms with E-state index in [9.17, 15) is 0 Å². The van der Waals surface area contributed by atoms with E-state index in [-0.39, 0.29) is 0 Å². The second-order valence-corrected chi connectivity index (χ2v) is 5.90. The van der Waals surface area contributed by atoms with Crippen LogP contribution in [0.2, 0.25) is 0 Å². The Morgan fingerprint density at radius 2 is 1.71 bits per heavy atom. The van der Waals surface area contributed by atoms with Crippen molar-refractivity contribution in [2.75, 3.05) is 32.9 Å². The quantitative estimate of drug-likeness (QED) is 0.521. The summed E-state index contributed by atoms with van der Waals surface area (Å²) in [5.74, 6) is 0. The van der Waals surface area contributed by atoms with Crippen LogP contribution in [0.3, 0.4) is 0 Å². The maximum atomic E-state index is 2.67. The topological polar surface area (TPSA) is 6.48 Å². The fraction of sp³-hybridized carbons (Fsp3) is 1.00. The molecule has 0 saturated heterocycles. The van der Waals surface area contributed by atoms with E-state index in [4.69, 9.17) is 0 Å². The van der Waals surface area contributed by atoms with Crippen LogP contribution in [-0.2, 0) is 0 Å². The van der Waals surface area contributed by atoms with Gasteiger partial charge in [0.1, 0.15) is 0 Å². The first-order valence-corrected chi connectivity index (χ1v) is 8.33. The van der Waals surface area contributed by atoms with Gasteiger partial charge in [0.15, 0.2) is 0 Å². The number of nitrogens with zero attached hydrogens (tertiary/aromatic N) is 2. The third-order valence-corrected chi connectivity index (χ3v) is 4.15. The first kappa shape index (κ1) is 17.3. The molecule has 0 aromatic carbocycles. The van der Waals surface area contributed by atoms with Gasteiger partial charge >= 0.3 is 0 Å². The number of hydrogen-bond acceptors (Lipinski definition) is 3. The van der Waals surface area contributed by atoms with Crippen LogP contribution in [0.1, 0.15) is 52.9 Å². The number of rotatable bonds is 11. The summed E-state index contributed by atoms with van der Waals surface area (Å²) in [6.45, 7) is 10.7. The van der Waals surface area contributed by atoms with Gasteiger partial charge in [-0.2, -0.15) is 0 Å². The second-order valence-electron chi connectivity index (χ2n) is 4.91. The summed E-state index contributed by atoms with van der Waals surface area (Å²) in [7, 11) is 2.18. The van der Waals surface area contributed by atoms with Crippen LogP contribution in [-0.4, -0.2) is 48.2 Å². The lowest BCUT2D eigenvalue weighted by Gasteiger charge is -2.29. The summed E-state index contributed by atoms with van der Waals surface area (Å²) in [6.07, 6.45) is 8.75. The SMILES string of the molecule is CCCCC(C)N(CCC)CCCN(C)SC. The van der Waals surface area contributed by atoms with Gasteiger partial charge in [0.2, 0.25) is 0 Å². The van der Waals surface area contributed by atoms with Gasteiger partial charge in [-0.25, -0.2) is 0 Å². The molecule has 0 radical (unpaired) electrons. The Kier molecular flexibility index (Phi) is 11.5. The lowest BCUT2D eigenvalue weighted by atomic mass is 10.1. The third kappa shape index (κ3) is 8.92. The van der Waals surface area contributed by atoms with Crippen molar-refractivity contribution in [2.24, 2.45) is 0 Å². The fourth-order valence-corrected chi connectivity index (χ4v) is 2.42. The fourth-order valence-electron chi connectivity index (χ4n) is 2.11. The Hall–Kier alpha value is 0.270. The molecule has 104 valence electrons. The first-order chi connectivity index (χ1) is 8.15. The highest BCUT2D eigenvalue weighted by Gasteiger charge is 2.12. The van der Waals surface area contributed by atoms with E-state index in [0.717, 1.165) is 6.04 Å². The van der Waals surface area contributed by atoms with Crippen LogP contribution < -0.4 is 0 Å². The van der Waals surface area contributed by atoms with Crippen molar-refractivity contribution in [3.8, 4) is 0 Å². The molecule has 0 bridgehead atoms. The molecule has 2 nitrogen and oxygen atoms in total. The number of hydrogen-bond donors (Lipinski definition) is 0. The Balaban J connectivity index is 3.87. The molecule has 0 saturated carbocycles. The molecule has 17 heavy (non-hydrogen) atoms. The third-order valence-electron chi connectivity index (χ3n) is 3.34. The summed E-state index contributed by atoms with van der Waals surface area (Å²) in [5.41, 5.74) is 0. The van der Waals surface area contributed by atoms with Crippen molar-refractivity contribution < 1.29 is 0 Å². The minimum atomic E-state index is 0.759. The molecule has 0 N–H and O–H groups in total. The van der Waals surface area contributed by atoms with Crippen LogP contribution in [0.4, 0.5) is 0 Å². The molecule has 1 unspecified atom stereocenters. The monoisotopic (exact) mass is 260 g/mol. The van der Waals surface area contributed by atoms with Crippen molar-refractivity contribution >= 4 is 11.9 Å². The molecule has 0 fully saturated rings. The summed E-state index contributed by atoms with van der Waals surface area (Å²) < 4.78 is 2.32. The summed E-state index contributed by atoms with van der Waals surface area (Å²) in [5, 5.41) is 0. The molecule has 0 rings (SSSR count). The van der Waals surface area contributed by atoms with E-state index in [2.05, 4.69) is 43.3 Å². The van der Waals surface area contributed by atoms with Crippen molar-refractivity contribution in [1.82, 2.24) is 9.21 Å². The van der Waals surface area contributed by atoms with Crippen LogP contribution in [0.5, 0.6) is 0 Å². The zero-order valence-corrected chi connectivity index (χ0v) is 13.4. The van der Waals surface area contributed by atoms with E-state index in [0.29, 0.717) is 0 Å². The highest BCUT2D eigenvalue weighted by atomic mass is 32.2. The van der Waals surface area contributed by atoms with Gasteiger partial charge in [0.05, 0.1) is 0 Å². The largest absolute Gasteiger partial charge is 0.301 e. The predicted octanol–water partition coefficient (Wildman–Crippen LogP) is 3.88. The molecule has 0 aromatic heterocycles. The minimum absolute atomic E-state index is 0.759. The zero-order chi connectivity index (χ0) is 13.1. The average Bonchev–Trinajstić information content (AvgIpc) is 2.34. The normalized spacial score (nSPS) is 13.6. The molecule has 0 aliphatic heterocycles. The molecule has 0 heterocycles.